The van der Waals surface area contributed by atoms with E-state index in [1.54, 1.807) is 6.92 Å². The Morgan fingerprint density at radius 2 is 1.81 bits per heavy atom. The number of allylic oxidation sites excluding steroid dienone is 4. The maximum atomic E-state index is 13.7. The summed E-state index contributed by atoms with van der Waals surface area (Å²) in [5, 5.41) is 30.5. The van der Waals surface area contributed by atoms with Gasteiger partial charge in [-0.3, -0.25) is 19.2 Å². The second-order valence-electron chi connectivity index (χ2n) is 9.08. The number of carbonyl (C=O) groups is 4. The SMILES string of the molecule is CC(=O)c1c(O)c(C)c(O)c2c1OC1=CC(=O)C(=C(C)NCCC(=O)NCc3nc(C)no3)C(=O)C12C. The molecule has 12 nitrogen and oxygen atoms in total. The first kappa shape index (κ1) is 25.6. The van der Waals surface area contributed by atoms with Crippen LogP contribution in [0.3, 0.4) is 0 Å². The number of ketones is 3. The quantitative estimate of drug-likeness (QED) is 0.241. The van der Waals surface area contributed by atoms with Crippen LogP contribution in [-0.2, 0) is 26.3 Å². The van der Waals surface area contributed by atoms with Crippen molar-refractivity contribution in [3.8, 4) is 17.2 Å². The highest BCUT2D eigenvalue weighted by molar-refractivity contribution is 6.31. The number of hydrogen-bond donors (Lipinski definition) is 4. The Kier molecular flexibility index (Phi) is 6.36. The molecule has 0 fully saturated rings. The number of phenolic OH excluding ortho intramolecular Hbond substituents is 2. The van der Waals surface area contributed by atoms with Crippen molar-refractivity contribution in [3.05, 3.63) is 51.5 Å². The van der Waals surface area contributed by atoms with Crippen molar-refractivity contribution in [3.63, 3.8) is 0 Å². The van der Waals surface area contributed by atoms with E-state index in [9.17, 15) is 29.4 Å². The maximum absolute atomic E-state index is 13.7. The zero-order valence-electron chi connectivity index (χ0n) is 20.9. The van der Waals surface area contributed by atoms with Crippen LogP contribution in [-0.4, -0.2) is 50.2 Å². The third-order valence-corrected chi connectivity index (χ3v) is 6.51. The van der Waals surface area contributed by atoms with Crippen LogP contribution in [0, 0.1) is 13.8 Å². The van der Waals surface area contributed by atoms with Crippen molar-refractivity contribution in [1.82, 2.24) is 20.8 Å². The van der Waals surface area contributed by atoms with Crippen LogP contribution in [0.25, 0.3) is 0 Å². The van der Waals surface area contributed by atoms with Gasteiger partial charge in [-0.25, -0.2) is 0 Å². The smallest absolute Gasteiger partial charge is 0.246 e. The summed E-state index contributed by atoms with van der Waals surface area (Å²) in [6.07, 6.45) is 1.17. The van der Waals surface area contributed by atoms with Crippen LogP contribution in [0.5, 0.6) is 17.2 Å². The van der Waals surface area contributed by atoms with E-state index in [2.05, 4.69) is 20.8 Å². The minimum absolute atomic E-state index is 0.0117. The lowest BCUT2D eigenvalue weighted by Crippen LogP contribution is -2.41. The molecule has 1 aliphatic carbocycles. The Bertz CT molecular complexity index is 1430. The number of amides is 1. The van der Waals surface area contributed by atoms with E-state index in [-0.39, 0.29) is 70.8 Å². The maximum Gasteiger partial charge on any atom is 0.246 e. The lowest BCUT2D eigenvalue weighted by Gasteiger charge is -2.29. The second-order valence-corrected chi connectivity index (χ2v) is 9.08. The Labute approximate surface area is 211 Å². The Morgan fingerprint density at radius 1 is 1.11 bits per heavy atom. The number of carbonyl (C=O) groups excluding carboxylic acids is 4. The van der Waals surface area contributed by atoms with E-state index >= 15 is 0 Å². The zero-order chi connectivity index (χ0) is 27.2. The van der Waals surface area contributed by atoms with Gasteiger partial charge in [0.2, 0.25) is 11.8 Å². The fraction of sp³-hybridized carbons (Fsp3) is 0.360. The molecule has 0 radical (unpaired) electrons. The second kappa shape index (κ2) is 9.19. The molecule has 1 aromatic heterocycles. The Morgan fingerprint density at radius 3 is 2.43 bits per heavy atom. The average Bonchev–Trinajstić information content (AvgIpc) is 3.37. The molecular formula is C25H26N4O8. The Hall–Kier alpha value is -4.48. The molecule has 2 aliphatic rings. The predicted octanol–water partition coefficient (Wildman–Crippen LogP) is 1.56. The first-order valence-corrected chi connectivity index (χ1v) is 11.5. The number of nitrogens with zero attached hydrogens (tertiary/aromatic N) is 2. The van der Waals surface area contributed by atoms with E-state index in [4.69, 9.17) is 9.26 Å². The number of ether oxygens (including phenoxy) is 1. The molecule has 0 bridgehead atoms. The van der Waals surface area contributed by atoms with Gasteiger partial charge >= 0.3 is 0 Å². The number of rotatable bonds is 7. The molecule has 4 rings (SSSR count). The van der Waals surface area contributed by atoms with E-state index in [1.165, 1.54) is 27.7 Å². The largest absolute Gasteiger partial charge is 0.507 e. The first-order valence-electron chi connectivity index (χ1n) is 11.5. The van der Waals surface area contributed by atoms with Gasteiger partial charge in [0.15, 0.2) is 23.2 Å². The fourth-order valence-electron chi connectivity index (χ4n) is 4.49. The van der Waals surface area contributed by atoms with E-state index in [1.807, 2.05) is 0 Å². The standard InChI is InChI=1S/C25H26N4O8/c1-10-21(33)19(12(3)30)23-20(22(10)34)25(5)15(36-23)8-14(31)18(24(25)35)11(2)26-7-6-16(32)27-9-17-28-13(4)29-37-17/h8,26,33-34H,6-7,9H2,1-5H3,(H,27,32). The van der Waals surface area contributed by atoms with Crippen LogP contribution < -0.4 is 15.4 Å². The molecule has 12 heteroatoms. The van der Waals surface area contributed by atoms with Crippen LogP contribution >= 0.6 is 0 Å². The highest BCUT2D eigenvalue weighted by Crippen LogP contribution is 2.57. The number of aromatic hydroxyl groups is 2. The fourth-order valence-corrected chi connectivity index (χ4v) is 4.49. The topological polar surface area (TPSA) is 181 Å². The summed E-state index contributed by atoms with van der Waals surface area (Å²) in [7, 11) is 0. The predicted molar refractivity (Wildman–Crippen MR) is 127 cm³/mol. The number of benzene rings is 1. The van der Waals surface area contributed by atoms with Crippen LogP contribution in [0.4, 0.5) is 0 Å². The van der Waals surface area contributed by atoms with E-state index in [0.29, 0.717) is 5.82 Å². The van der Waals surface area contributed by atoms with E-state index < -0.39 is 34.3 Å². The molecule has 2 aromatic rings. The molecule has 1 atom stereocenters. The van der Waals surface area contributed by atoms with Crippen molar-refractivity contribution in [2.75, 3.05) is 6.54 Å². The summed E-state index contributed by atoms with van der Waals surface area (Å²) in [5.74, 6) is -2.45. The molecule has 37 heavy (non-hydrogen) atoms. The molecular weight excluding hydrogens is 484 g/mol. The summed E-state index contributed by atoms with van der Waals surface area (Å²) in [6, 6.07) is 0. The highest BCUT2D eigenvalue weighted by atomic mass is 16.5. The normalized spacial score (nSPS) is 19.5. The number of phenols is 2. The van der Waals surface area contributed by atoms with Gasteiger partial charge in [-0.15, -0.1) is 0 Å². The monoisotopic (exact) mass is 510 g/mol. The highest BCUT2D eigenvalue weighted by Gasteiger charge is 2.56. The molecule has 1 amide bonds. The Balaban J connectivity index is 1.57. The van der Waals surface area contributed by atoms with Crippen molar-refractivity contribution >= 4 is 23.3 Å². The van der Waals surface area contributed by atoms with Crippen molar-refractivity contribution in [1.29, 1.82) is 0 Å². The number of hydrogen-bond acceptors (Lipinski definition) is 11. The van der Waals surface area contributed by atoms with E-state index in [0.717, 1.165) is 6.08 Å². The molecule has 1 aromatic carbocycles. The lowest BCUT2D eigenvalue weighted by atomic mass is 9.70. The number of fused-ring (bicyclic) bond motifs is 3. The van der Waals surface area contributed by atoms with Crippen molar-refractivity contribution in [2.45, 2.75) is 53.0 Å². The summed E-state index contributed by atoms with van der Waals surface area (Å²) in [6.45, 7) is 7.51. The van der Waals surface area contributed by atoms with Crippen molar-refractivity contribution in [2.24, 2.45) is 0 Å². The molecule has 194 valence electrons. The van der Waals surface area contributed by atoms with Crippen LogP contribution in [0.15, 0.2) is 27.6 Å². The van der Waals surface area contributed by atoms with Gasteiger partial charge in [0.1, 0.15) is 34.0 Å². The average molecular weight is 511 g/mol. The minimum atomic E-state index is -1.60. The van der Waals surface area contributed by atoms with Gasteiger partial charge in [-0.1, -0.05) is 5.16 Å². The molecule has 1 unspecified atom stereocenters. The molecule has 0 saturated heterocycles. The molecule has 0 saturated carbocycles. The molecule has 4 N–H and O–H groups in total. The minimum Gasteiger partial charge on any atom is -0.507 e. The van der Waals surface area contributed by atoms with Gasteiger partial charge in [-0.2, -0.15) is 4.98 Å². The number of aromatic nitrogens is 2. The van der Waals surface area contributed by atoms with Gasteiger partial charge in [0, 0.05) is 30.3 Å². The summed E-state index contributed by atoms with van der Waals surface area (Å²) in [4.78, 5) is 55.0. The summed E-state index contributed by atoms with van der Waals surface area (Å²) >= 11 is 0. The van der Waals surface area contributed by atoms with Gasteiger partial charge in [0.25, 0.3) is 0 Å². The van der Waals surface area contributed by atoms with Gasteiger partial charge in [-0.05, 0) is 34.6 Å². The lowest BCUT2D eigenvalue weighted by molar-refractivity contribution is -0.124. The number of aryl methyl sites for hydroxylation is 1. The molecule has 0 spiro atoms. The summed E-state index contributed by atoms with van der Waals surface area (Å²) < 4.78 is 10.7. The summed E-state index contributed by atoms with van der Waals surface area (Å²) in [5.41, 5.74) is -1.68. The van der Waals surface area contributed by atoms with Crippen molar-refractivity contribution < 1.29 is 38.7 Å². The van der Waals surface area contributed by atoms with Gasteiger partial charge in [0.05, 0.1) is 17.7 Å². The first-order chi connectivity index (χ1) is 17.4. The van der Waals surface area contributed by atoms with Gasteiger partial charge < -0.3 is 30.1 Å². The number of nitrogens with one attached hydrogen (secondary N) is 2. The third-order valence-electron chi connectivity index (χ3n) is 6.51. The van der Waals surface area contributed by atoms with Crippen LogP contribution in [0.1, 0.15) is 60.4 Å². The zero-order valence-corrected chi connectivity index (χ0v) is 20.9. The molecule has 1 aliphatic heterocycles. The van der Waals surface area contributed by atoms with Crippen LogP contribution in [0.2, 0.25) is 0 Å². The third kappa shape index (κ3) is 4.13. The number of Topliss-reactive ketones (excluding diaryl/α,β-unsaturated/α-hetero) is 2. The molecule has 2 heterocycles.